The second kappa shape index (κ2) is 3.78. The van der Waals surface area contributed by atoms with Crippen molar-refractivity contribution in [2.45, 2.75) is 50.7 Å². The smallest absolute Gasteiger partial charge is 0.251 e. The van der Waals surface area contributed by atoms with Crippen LogP contribution in [0, 0.1) is 5.92 Å². The summed E-state index contributed by atoms with van der Waals surface area (Å²) in [6.45, 7) is 1.75. The minimum Gasteiger partial charge on any atom is -0.368 e. The van der Waals surface area contributed by atoms with Crippen molar-refractivity contribution in [2.75, 3.05) is 13.2 Å². The maximum absolute atomic E-state index is 12.2. The van der Waals surface area contributed by atoms with E-state index in [-0.39, 0.29) is 12.0 Å². The molecule has 0 radical (unpaired) electrons. The van der Waals surface area contributed by atoms with Gasteiger partial charge in [0, 0.05) is 19.2 Å². The first kappa shape index (κ1) is 9.64. The Morgan fingerprint density at radius 3 is 2.67 bits per heavy atom. The van der Waals surface area contributed by atoms with E-state index >= 15 is 0 Å². The van der Waals surface area contributed by atoms with Crippen molar-refractivity contribution in [3.63, 3.8) is 0 Å². The van der Waals surface area contributed by atoms with Gasteiger partial charge in [-0.1, -0.05) is 0 Å². The van der Waals surface area contributed by atoms with Crippen LogP contribution < -0.4 is 0 Å². The highest BCUT2D eigenvalue weighted by Gasteiger charge is 2.42. The molecule has 0 bridgehead atoms. The Labute approximate surface area is 90.8 Å². The van der Waals surface area contributed by atoms with Crippen molar-refractivity contribution < 1.29 is 9.53 Å². The lowest BCUT2D eigenvalue weighted by atomic mass is 10.1. The lowest BCUT2D eigenvalue weighted by Gasteiger charge is -2.27. The van der Waals surface area contributed by atoms with Crippen LogP contribution in [0.1, 0.15) is 38.5 Å². The highest BCUT2D eigenvalue weighted by atomic mass is 16.5. The molecule has 3 fully saturated rings. The summed E-state index contributed by atoms with van der Waals surface area (Å²) in [6.07, 6.45) is 6.97. The van der Waals surface area contributed by atoms with E-state index in [2.05, 4.69) is 4.90 Å². The third-order valence-corrected chi connectivity index (χ3v) is 3.95. The molecule has 2 unspecified atom stereocenters. The SMILES string of the molecule is O=C(C1CCCO1)N1CCCC1C1CC1. The molecule has 3 rings (SSSR count). The number of nitrogens with zero attached hydrogens (tertiary/aromatic N) is 1. The van der Waals surface area contributed by atoms with Gasteiger partial charge < -0.3 is 9.64 Å². The van der Waals surface area contributed by atoms with Crippen molar-refractivity contribution in [1.82, 2.24) is 4.90 Å². The lowest BCUT2D eigenvalue weighted by molar-refractivity contribution is -0.142. The summed E-state index contributed by atoms with van der Waals surface area (Å²) < 4.78 is 5.48. The number of carbonyl (C=O) groups is 1. The van der Waals surface area contributed by atoms with Gasteiger partial charge in [0.2, 0.25) is 0 Å². The summed E-state index contributed by atoms with van der Waals surface area (Å²) in [5, 5.41) is 0. The van der Waals surface area contributed by atoms with Crippen LogP contribution in [0.4, 0.5) is 0 Å². The molecule has 0 N–H and O–H groups in total. The van der Waals surface area contributed by atoms with Gasteiger partial charge in [-0.3, -0.25) is 4.79 Å². The van der Waals surface area contributed by atoms with E-state index in [1.165, 1.54) is 25.7 Å². The predicted molar refractivity (Wildman–Crippen MR) is 56.4 cm³/mol. The number of ether oxygens (including phenoxy) is 1. The number of hydrogen-bond donors (Lipinski definition) is 0. The third-order valence-electron chi connectivity index (χ3n) is 3.95. The van der Waals surface area contributed by atoms with Crippen molar-refractivity contribution in [3.8, 4) is 0 Å². The first-order valence-electron chi connectivity index (χ1n) is 6.28. The van der Waals surface area contributed by atoms with Crippen molar-refractivity contribution in [3.05, 3.63) is 0 Å². The van der Waals surface area contributed by atoms with E-state index in [0.717, 1.165) is 31.9 Å². The second-order valence-electron chi connectivity index (χ2n) is 5.08. The number of likely N-dealkylation sites (tertiary alicyclic amines) is 1. The Morgan fingerprint density at radius 2 is 2.00 bits per heavy atom. The lowest BCUT2D eigenvalue weighted by Crippen LogP contribution is -2.42. The average molecular weight is 209 g/mol. The quantitative estimate of drug-likeness (QED) is 0.691. The van der Waals surface area contributed by atoms with E-state index in [0.29, 0.717) is 6.04 Å². The summed E-state index contributed by atoms with van der Waals surface area (Å²) in [5.41, 5.74) is 0. The fourth-order valence-electron chi connectivity index (χ4n) is 2.99. The molecule has 2 aliphatic heterocycles. The molecule has 0 aromatic carbocycles. The van der Waals surface area contributed by atoms with Crippen LogP contribution in [0.15, 0.2) is 0 Å². The van der Waals surface area contributed by atoms with Crippen LogP contribution in [-0.2, 0) is 9.53 Å². The minimum absolute atomic E-state index is 0.107. The Hall–Kier alpha value is -0.570. The Balaban J connectivity index is 1.66. The number of rotatable bonds is 2. The van der Waals surface area contributed by atoms with E-state index in [9.17, 15) is 4.79 Å². The molecule has 1 saturated carbocycles. The highest BCUT2D eigenvalue weighted by molar-refractivity contribution is 5.81. The number of carbonyl (C=O) groups excluding carboxylic acids is 1. The van der Waals surface area contributed by atoms with Gasteiger partial charge in [-0.05, 0) is 44.4 Å². The molecular weight excluding hydrogens is 190 g/mol. The molecule has 15 heavy (non-hydrogen) atoms. The van der Waals surface area contributed by atoms with Crippen LogP contribution in [0.5, 0.6) is 0 Å². The van der Waals surface area contributed by atoms with Crippen LogP contribution in [0.3, 0.4) is 0 Å². The maximum Gasteiger partial charge on any atom is 0.251 e. The molecule has 3 nitrogen and oxygen atoms in total. The molecule has 2 atom stereocenters. The number of amides is 1. The van der Waals surface area contributed by atoms with Gasteiger partial charge in [0.1, 0.15) is 6.10 Å². The Morgan fingerprint density at radius 1 is 1.13 bits per heavy atom. The molecule has 84 valence electrons. The largest absolute Gasteiger partial charge is 0.368 e. The van der Waals surface area contributed by atoms with Gasteiger partial charge in [-0.25, -0.2) is 0 Å². The molecule has 0 aromatic rings. The molecule has 0 spiro atoms. The molecule has 1 amide bonds. The molecular formula is C12H19NO2. The summed E-state index contributed by atoms with van der Waals surface area (Å²) >= 11 is 0. The van der Waals surface area contributed by atoms with Gasteiger partial charge in [-0.15, -0.1) is 0 Å². The normalized spacial score (nSPS) is 36.1. The second-order valence-corrected chi connectivity index (χ2v) is 5.08. The van der Waals surface area contributed by atoms with Crippen LogP contribution >= 0.6 is 0 Å². The fourth-order valence-corrected chi connectivity index (χ4v) is 2.99. The topological polar surface area (TPSA) is 29.5 Å². The van der Waals surface area contributed by atoms with Gasteiger partial charge in [0.15, 0.2) is 0 Å². The van der Waals surface area contributed by atoms with Gasteiger partial charge in [0.05, 0.1) is 0 Å². The Kier molecular flexibility index (Phi) is 2.43. The zero-order valence-corrected chi connectivity index (χ0v) is 9.15. The summed E-state index contributed by atoms with van der Waals surface area (Å²) in [6, 6.07) is 0.557. The van der Waals surface area contributed by atoms with E-state index in [4.69, 9.17) is 4.74 Å². The van der Waals surface area contributed by atoms with Crippen molar-refractivity contribution in [2.24, 2.45) is 5.92 Å². The minimum atomic E-state index is -0.107. The monoisotopic (exact) mass is 209 g/mol. The Bertz CT molecular complexity index is 256. The molecule has 0 aromatic heterocycles. The third kappa shape index (κ3) is 1.78. The van der Waals surface area contributed by atoms with Crippen LogP contribution in [0.2, 0.25) is 0 Å². The van der Waals surface area contributed by atoms with Gasteiger partial charge in [0.25, 0.3) is 5.91 Å². The molecule has 2 heterocycles. The fraction of sp³-hybridized carbons (Fsp3) is 0.917. The first-order chi connectivity index (χ1) is 7.36. The summed E-state index contributed by atoms with van der Waals surface area (Å²) in [5.74, 6) is 1.10. The molecule has 1 aliphatic carbocycles. The predicted octanol–water partition coefficient (Wildman–Crippen LogP) is 1.57. The van der Waals surface area contributed by atoms with E-state index < -0.39 is 0 Å². The van der Waals surface area contributed by atoms with Gasteiger partial charge in [-0.2, -0.15) is 0 Å². The van der Waals surface area contributed by atoms with Crippen molar-refractivity contribution >= 4 is 5.91 Å². The zero-order chi connectivity index (χ0) is 10.3. The number of hydrogen-bond acceptors (Lipinski definition) is 2. The van der Waals surface area contributed by atoms with Gasteiger partial charge >= 0.3 is 0 Å². The van der Waals surface area contributed by atoms with Crippen LogP contribution in [-0.4, -0.2) is 36.1 Å². The van der Waals surface area contributed by atoms with Crippen LogP contribution in [0.25, 0.3) is 0 Å². The average Bonchev–Trinajstić information content (AvgIpc) is 2.82. The summed E-state index contributed by atoms with van der Waals surface area (Å²) in [4.78, 5) is 14.3. The summed E-state index contributed by atoms with van der Waals surface area (Å²) in [7, 11) is 0. The molecule has 3 heteroatoms. The first-order valence-corrected chi connectivity index (χ1v) is 6.28. The van der Waals surface area contributed by atoms with E-state index in [1.54, 1.807) is 0 Å². The highest BCUT2D eigenvalue weighted by Crippen LogP contribution is 2.40. The zero-order valence-electron chi connectivity index (χ0n) is 9.15. The van der Waals surface area contributed by atoms with Crippen molar-refractivity contribution in [1.29, 1.82) is 0 Å². The molecule has 3 aliphatic rings. The maximum atomic E-state index is 12.2. The standard InChI is InChI=1S/C12H19NO2/c14-12(11-4-2-8-15-11)13-7-1-3-10(13)9-5-6-9/h9-11H,1-8H2. The van der Waals surface area contributed by atoms with E-state index in [1.807, 2.05) is 0 Å². The molecule has 2 saturated heterocycles.